The van der Waals surface area contributed by atoms with Gasteiger partial charge in [0.1, 0.15) is 5.82 Å². The molecular weight excluding hydrogens is 319 g/mol. The minimum absolute atomic E-state index is 0.0219. The Kier molecular flexibility index (Phi) is 5.16. The SMILES string of the molecule is CCNC(=O)C1CCN(c2ncc(C(F)(F)F)cc2Cl)CC1. The summed E-state index contributed by atoms with van der Waals surface area (Å²) in [5.41, 5.74) is -0.863. The maximum atomic E-state index is 12.6. The van der Waals surface area contributed by atoms with Crippen LogP contribution in [0.4, 0.5) is 19.0 Å². The van der Waals surface area contributed by atoms with E-state index in [-0.39, 0.29) is 16.8 Å². The molecule has 1 aromatic rings. The number of rotatable bonds is 3. The highest BCUT2D eigenvalue weighted by molar-refractivity contribution is 6.33. The molecule has 1 amide bonds. The van der Waals surface area contributed by atoms with Crippen LogP contribution in [0.3, 0.4) is 0 Å². The van der Waals surface area contributed by atoms with E-state index in [1.807, 2.05) is 11.8 Å². The molecule has 2 rings (SSSR count). The highest BCUT2D eigenvalue weighted by atomic mass is 35.5. The number of amides is 1. The second kappa shape index (κ2) is 6.73. The summed E-state index contributed by atoms with van der Waals surface area (Å²) in [5, 5.41) is 2.76. The second-order valence-electron chi connectivity index (χ2n) is 5.18. The number of piperidine rings is 1. The molecule has 4 nitrogen and oxygen atoms in total. The molecule has 0 saturated carbocycles. The lowest BCUT2D eigenvalue weighted by Gasteiger charge is -2.32. The summed E-state index contributed by atoms with van der Waals surface area (Å²) in [6.07, 6.45) is -2.41. The van der Waals surface area contributed by atoms with Gasteiger partial charge in [0.2, 0.25) is 5.91 Å². The predicted molar refractivity (Wildman–Crippen MR) is 77.9 cm³/mol. The largest absolute Gasteiger partial charge is 0.417 e. The Balaban J connectivity index is 2.04. The molecule has 0 atom stereocenters. The average Bonchev–Trinajstić information content (AvgIpc) is 2.46. The molecule has 122 valence electrons. The summed E-state index contributed by atoms with van der Waals surface area (Å²) in [4.78, 5) is 17.4. The molecule has 22 heavy (non-hydrogen) atoms. The van der Waals surface area contributed by atoms with Crippen LogP contribution in [0.15, 0.2) is 12.3 Å². The van der Waals surface area contributed by atoms with Gasteiger partial charge in [-0.25, -0.2) is 4.98 Å². The third-order valence-corrected chi connectivity index (χ3v) is 3.94. The first-order valence-corrected chi connectivity index (χ1v) is 7.46. The van der Waals surface area contributed by atoms with Crippen molar-refractivity contribution in [3.63, 3.8) is 0 Å². The van der Waals surface area contributed by atoms with Crippen LogP contribution >= 0.6 is 11.6 Å². The first-order valence-electron chi connectivity index (χ1n) is 7.08. The zero-order valence-corrected chi connectivity index (χ0v) is 12.8. The van der Waals surface area contributed by atoms with E-state index in [0.717, 1.165) is 12.3 Å². The Labute approximate surface area is 131 Å². The van der Waals surface area contributed by atoms with Crippen LogP contribution in [-0.2, 0) is 11.0 Å². The maximum absolute atomic E-state index is 12.6. The number of pyridine rings is 1. The molecule has 1 N–H and O–H groups in total. The average molecular weight is 336 g/mol. The van der Waals surface area contributed by atoms with Gasteiger partial charge in [-0.05, 0) is 25.8 Å². The number of hydrogen-bond donors (Lipinski definition) is 1. The molecule has 1 aromatic heterocycles. The van der Waals surface area contributed by atoms with Crippen LogP contribution < -0.4 is 10.2 Å². The Morgan fingerprint density at radius 2 is 2.09 bits per heavy atom. The zero-order valence-electron chi connectivity index (χ0n) is 12.1. The highest BCUT2D eigenvalue weighted by Gasteiger charge is 2.32. The summed E-state index contributed by atoms with van der Waals surface area (Å²) in [7, 11) is 0. The lowest BCUT2D eigenvalue weighted by atomic mass is 9.96. The van der Waals surface area contributed by atoms with Crippen molar-refractivity contribution in [1.82, 2.24) is 10.3 Å². The fourth-order valence-corrected chi connectivity index (χ4v) is 2.78. The van der Waals surface area contributed by atoms with Gasteiger partial charge in [0.25, 0.3) is 0 Å². The molecule has 8 heteroatoms. The van der Waals surface area contributed by atoms with E-state index in [9.17, 15) is 18.0 Å². The van der Waals surface area contributed by atoms with Crippen LogP contribution in [-0.4, -0.2) is 30.5 Å². The van der Waals surface area contributed by atoms with Crippen molar-refractivity contribution in [3.05, 3.63) is 22.8 Å². The fourth-order valence-electron chi connectivity index (χ4n) is 2.49. The summed E-state index contributed by atoms with van der Waals surface area (Å²) < 4.78 is 37.8. The molecule has 0 radical (unpaired) electrons. The first-order chi connectivity index (χ1) is 10.3. The van der Waals surface area contributed by atoms with Gasteiger partial charge < -0.3 is 10.2 Å². The van der Waals surface area contributed by atoms with Gasteiger partial charge in [-0.2, -0.15) is 13.2 Å². The number of halogens is 4. The number of anilines is 1. The molecule has 1 aliphatic heterocycles. The fraction of sp³-hybridized carbons (Fsp3) is 0.571. The van der Waals surface area contributed by atoms with Crippen molar-refractivity contribution in [2.24, 2.45) is 5.92 Å². The monoisotopic (exact) mass is 335 g/mol. The van der Waals surface area contributed by atoms with Crippen molar-refractivity contribution in [3.8, 4) is 0 Å². The predicted octanol–water partition coefficient (Wildman–Crippen LogP) is 3.11. The number of carbonyl (C=O) groups is 1. The van der Waals surface area contributed by atoms with Gasteiger partial charge in [-0.1, -0.05) is 11.6 Å². The molecular formula is C14H17ClF3N3O. The lowest BCUT2D eigenvalue weighted by molar-refractivity contribution is -0.137. The van der Waals surface area contributed by atoms with Gasteiger partial charge in [0.05, 0.1) is 10.6 Å². The van der Waals surface area contributed by atoms with Crippen molar-refractivity contribution in [2.45, 2.75) is 25.9 Å². The number of nitrogens with one attached hydrogen (secondary N) is 1. The molecule has 2 heterocycles. The van der Waals surface area contributed by atoms with Gasteiger partial charge >= 0.3 is 6.18 Å². The first kappa shape index (κ1) is 16.9. The molecule has 1 fully saturated rings. The van der Waals surface area contributed by atoms with Crippen molar-refractivity contribution in [2.75, 3.05) is 24.5 Å². The molecule has 0 unspecified atom stereocenters. The Morgan fingerprint density at radius 1 is 1.45 bits per heavy atom. The van der Waals surface area contributed by atoms with Gasteiger partial charge in [-0.15, -0.1) is 0 Å². The highest BCUT2D eigenvalue weighted by Crippen LogP contribution is 2.34. The van der Waals surface area contributed by atoms with Gasteiger partial charge in [-0.3, -0.25) is 4.79 Å². The third-order valence-electron chi connectivity index (χ3n) is 3.67. The number of alkyl halides is 3. The number of aromatic nitrogens is 1. The van der Waals surface area contributed by atoms with E-state index in [2.05, 4.69) is 10.3 Å². The van der Waals surface area contributed by atoms with E-state index in [0.29, 0.717) is 38.3 Å². The van der Waals surface area contributed by atoms with E-state index in [1.165, 1.54) is 0 Å². The Morgan fingerprint density at radius 3 is 2.59 bits per heavy atom. The molecule has 1 saturated heterocycles. The Hall–Kier alpha value is -1.50. The van der Waals surface area contributed by atoms with Gasteiger partial charge in [0, 0.05) is 31.7 Å². The maximum Gasteiger partial charge on any atom is 0.417 e. The summed E-state index contributed by atoms with van der Waals surface area (Å²) >= 11 is 5.93. The molecule has 0 aromatic carbocycles. The smallest absolute Gasteiger partial charge is 0.356 e. The van der Waals surface area contributed by atoms with Crippen molar-refractivity contribution in [1.29, 1.82) is 0 Å². The van der Waals surface area contributed by atoms with Crippen molar-refractivity contribution < 1.29 is 18.0 Å². The Bertz CT molecular complexity index is 543. The minimum Gasteiger partial charge on any atom is -0.356 e. The molecule has 1 aliphatic rings. The quantitative estimate of drug-likeness (QED) is 0.923. The van der Waals surface area contributed by atoms with E-state index < -0.39 is 11.7 Å². The minimum atomic E-state index is -4.46. The van der Waals surface area contributed by atoms with Crippen LogP contribution in [0, 0.1) is 5.92 Å². The van der Waals surface area contributed by atoms with E-state index in [4.69, 9.17) is 11.6 Å². The number of carbonyl (C=O) groups excluding carboxylic acids is 1. The normalized spacial score (nSPS) is 16.7. The number of nitrogens with zero attached hydrogens (tertiary/aromatic N) is 2. The molecule has 0 bridgehead atoms. The molecule has 0 spiro atoms. The lowest BCUT2D eigenvalue weighted by Crippen LogP contribution is -2.40. The van der Waals surface area contributed by atoms with Crippen LogP contribution in [0.2, 0.25) is 5.02 Å². The zero-order chi connectivity index (χ0) is 16.3. The second-order valence-corrected chi connectivity index (χ2v) is 5.59. The van der Waals surface area contributed by atoms with Gasteiger partial charge in [0.15, 0.2) is 0 Å². The van der Waals surface area contributed by atoms with E-state index >= 15 is 0 Å². The summed E-state index contributed by atoms with van der Waals surface area (Å²) in [5.74, 6) is 0.294. The molecule has 0 aliphatic carbocycles. The van der Waals surface area contributed by atoms with E-state index in [1.54, 1.807) is 0 Å². The third kappa shape index (κ3) is 3.82. The van der Waals surface area contributed by atoms with Crippen LogP contribution in [0.1, 0.15) is 25.3 Å². The topological polar surface area (TPSA) is 45.2 Å². The summed E-state index contributed by atoms with van der Waals surface area (Å²) in [6, 6.07) is 0.889. The van der Waals surface area contributed by atoms with Crippen LogP contribution in [0.5, 0.6) is 0 Å². The van der Waals surface area contributed by atoms with Crippen molar-refractivity contribution >= 4 is 23.3 Å². The standard InChI is InChI=1S/C14H17ClF3N3O/c1-2-19-13(22)9-3-5-21(6-4-9)12-11(15)7-10(8-20-12)14(16,17)18/h7-9H,2-6H2,1H3,(H,19,22). The van der Waals surface area contributed by atoms with Crippen LogP contribution in [0.25, 0.3) is 0 Å². The number of hydrogen-bond acceptors (Lipinski definition) is 3. The summed E-state index contributed by atoms with van der Waals surface area (Å²) in [6.45, 7) is 3.53.